The zero-order valence-corrected chi connectivity index (χ0v) is 12.7. The van der Waals surface area contributed by atoms with Crippen LogP contribution in [0.5, 0.6) is 0 Å². The minimum atomic E-state index is -0.118. The van der Waals surface area contributed by atoms with Crippen LogP contribution >= 0.6 is 23.5 Å². The molecule has 0 aliphatic carbocycles. The number of hydrogen-bond donors (Lipinski definition) is 1. The summed E-state index contributed by atoms with van der Waals surface area (Å²) in [6.45, 7) is 4.12. The maximum Gasteiger partial charge on any atom is 0.126 e. The quantitative estimate of drug-likeness (QED) is 0.911. The van der Waals surface area contributed by atoms with Gasteiger partial charge in [0.1, 0.15) is 5.82 Å². The molecule has 1 fully saturated rings. The molecule has 0 spiro atoms. The molecular formula is C14H20FNS2. The standard InChI is InChI=1S/C14H20FNS2/c1-9-8-11(4-5-12(9)15)13(16-3)14-10(2)17-6-7-18-14/h4-5,8,10,13-14,16H,6-7H2,1-3H3. The average Bonchev–Trinajstić information content (AvgIpc) is 2.37. The summed E-state index contributed by atoms with van der Waals surface area (Å²) < 4.78 is 13.4. The Balaban J connectivity index is 2.23. The molecule has 0 saturated carbocycles. The van der Waals surface area contributed by atoms with Crippen molar-refractivity contribution in [2.24, 2.45) is 0 Å². The third-order valence-corrected chi connectivity index (χ3v) is 6.61. The van der Waals surface area contributed by atoms with Gasteiger partial charge in [-0.1, -0.05) is 19.1 Å². The van der Waals surface area contributed by atoms with Crippen LogP contribution in [0.3, 0.4) is 0 Å². The highest BCUT2D eigenvalue weighted by atomic mass is 32.2. The highest BCUT2D eigenvalue weighted by Crippen LogP contribution is 2.38. The zero-order chi connectivity index (χ0) is 13.1. The molecule has 1 aromatic rings. The average molecular weight is 285 g/mol. The van der Waals surface area contributed by atoms with Gasteiger partial charge in [0.2, 0.25) is 0 Å². The molecule has 1 N–H and O–H groups in total. The fraction of sp³-hybridized carbons (Fsp3) is 0.571. The van der Waals surface area contributed by atoms with E-state index in [4.69, 9.17) is 0 Å². The summed E-state index contributed by atoms with van der Waals surface area (Å²) in [6.07, 6.45) is 0. The predicted octanol–water partition coefficient (Wildman–Crippen LogP) is 3.63. The Hall–Kier alpha value is -0.190. The smallest absolute Gasteiger partial charge is 0.126 e. The summed E-state index contributed by atoms with van der Waals surface area (Å²) in [5.74, 6) is 2.33. The molecule has 0 radical (unpaired) electrons. The van der Waals surface area contributed by atoms with Crippen LogP contribution in [-0.2, 0) is 0 Å². The largest absolute Gasteiger partial charge is 0.312 e. The molecule has 1 aromatic carbocycles. The maximum atomic E-state index is 13.4. The van der Waals surface area contributed by atoms with E-state index < -0.39 is 0 Å². The molecule has 18 heavy (non-hydrogen) atoms. The van der Waals surface area contributed by atoms with Crippen molar-refractivity contribution in [3.63, 3.8) is 0 Å². The van der Waals surface area contributed by atoms with Crippen LogP contribution in [-0.4, -0.2) is 29.1 Å². The number of thioether (sulfide) groups is 2. The number of aryl methyl sites for hydroxylation is 1. The zero-order valence-electron chi connectivity index (χ0n) is 11.1. The van der Waals surface area contributed by atoms with Crippen molar-refractivity contribution < 1.29 is 4.39 Å². The van der Waals surface area contributed by atoms with E-state index in [-0.39, 0.29) is 5.82 Å². The van der Waals surface area contributed by atoms with Crippen LogP contribution in [0.2, 0.25) is 0 Å². The lowest BCUT2D eigenvalue weighted by Crippen LogP contribution is -2.36. The number of nitrogens with one attached hydrogen (secondary N) is 1. The first-order chi connectivity index (χ1) is 8.63. The van der Waals surface area contributed by atoms with Crippen molar-refractivity contribution in [3.05, 3.63) is 35.1 Å². The third-order valence-electron chi connectivity index (χ3n) is 3.42. The molecular weight excluding hydrogens is 265 g/mol. The van der Waals surface area contributed by atoms with E-state index in [1.165, 1.54) is 17.1 Å². The Morgan fingerprint density at radius 2 is 2.06 bits per heavy atom. The summed E-state index contributed by atoms with van der Waals surface area (Å²) in [5.41, 5.74) is 1.93. The van der Waals surface area contributed by atoms with Crippen molar-refractivity contribution in [1.82, 2.24) is 5.32 Å². The lowest BCUT2D eigenvalue weighted by Gasteiger charge is -2.34. The molecule has 100 valence electrons. The molecule has 1 aliphatic rings. The van der Waals surface area contributed by atoms with Crippen LogP contribution in [0.1, 0.15) is 24.1 Å². The molecule has 1 aliphatic heterocycles. The van der Waals surface area contributed by atoms with Gasteiger partial charge in [-0.2, -0.15) is 23.5 Å². The molecule has 3 unspecified atom stereocenters. The molecule has 1 saturated heterocycles. The Bertz CT molecular complexity index is 411. The third kappa shape index (κ3) is 3.03. The highest BCUT2D eigenvalue weighted by Gasteiger charge is 2.30. The van der Waals surface area contributed by atoms with Crippen LogP contribution < -0.4 is 5.32 Å². The first kappa shape index (κ1) is 14.2. The summed E-state index contributed by atoms with van der Waals surface area (Å²) in [7, 11) is 2.00. The first-order valence-corrected chi connectivity index (χ1v) is 8.39. The minimum Gasteiger partial charge on any atom is -0.312 e. The minimum absolute atomic E-state index is 0.118. The fourth-order valence-corrected chi connectivity index (χ4v) is 5.39. The Morgan fingerprint density at radius 3 is 2.67 bits per heavy atom. The van der Waals surface area contributed by atoms with E-state index in [2.05, 4.69) is 12.2 Å². The van der Waals surface area contributed by atoms with Crippen molar-refractivity contribution in [2.45, 2.75) is 30.4 Å². The molecule has 0 aromatic heterocycles. The van der Waals surface area contributed by atoms with Gasteiger partial charge < -0.3 is 5.32 Å². The predicted molar refractivity (Wildman–Crippen MR) is 81.1 cm³/mol. The van der Waals surface area contributed by atoms with Crippen LogP contribution in [0.15, 0.2) is 18.2 Å². The molecule has 1 heterocycles. The second kappa shape index (κ2) is 6.31. The van der Waals surface area contributed by atoms with Gasteiger partial charge in [0.15, 0.2) is 0 Å². The first-order valence-electron chi connectivity index (χ1n) is 6.30. The van der Waals surface area contributed by atoms with Gasteiger partial charge in [0.05, 0.1) is 0 Å². The van der Waals surface area contributed by atoms with Gasteiger partial charge in [-0.3, -0.25) is 0 Å². The topological polar surface area (TPSA) is 12.0 Å². The van der Waals surface area contributed by atoms with Crippen molar-refractivity contribution in [1.29, 1.82) is 0 Å². The highest BCUT2D eigenvalue weighted by molar-refractivity contribution is 8.07. The molecule has 0 amide bonds. The number of rotatable bonds is 3. The second-order valence-electron chi connectivity index (χ2n) is 4.69. The van der Waals surface area contributed by atoms with Gasteiger partial charge in [-0.05, 0) is 31.2 Å². The summed E-state index contributed by atoms with van der Waals surface area (Å²) in [6, 6.07) is 5.77. The normalized spacial score (nSPS) is 26.0. The van der Waals surface area contributed by atoms with Crippen LogP contribution in [0.4, 0.5) is 4.39 Å². The SMILES string of the molecule is CNC(c1ccc(F)c(C)c1)C1SCCSC1C. The van der Waals surface area contributed by atoms with E-state index in [1.807, 2.05) is 49.6 Å². The molecule has 3 atom stereocenters. The molecule has 1 nitrogen and oxygen atoms in total. The van der Waals surface area contributed by atoms with E-state index in [1.54, 1.807) is 6.07 Å². The lowest BCUT2D eigenvalue weighted by molar-refractivity contribution is 0.556. The van der Waals surface area contributed by atoms with E-state index >= 15 is 0 Å². The van der Waals surface area contributed by atoms with Gasteiger partial charge in [0, 0.05) is 28.0 Å². The van der Waals surface area contributed by atoms with Gasteiger partial charge in [0.25, 0.3) is 0 Å². The van der Waals surface area contributed by atoms with Crippen molar-refractivity contribution in [3.8, 4) is 0 Å². The Labute approximate surface area is 117 Å². The monoisotopic (exact) mass is 285 g/mol. The molecule has 4 heteroatoms. The van der Waals surface area contributed by atoms with Gasteiger partial charge in [-0.15, -0.1) is 0 Å². The fourth-order valence-electron chi connectivity index (χ4n) is 2.40. The van der Waals surface area contributed by atoms with Gasteiger partial charge in [-0.25, -0.2) is 4.39 Å². The summed E-state index contributed by atoms with van der Waals surface area (Å²) in [4.78, 5) is 0. The van der Waals surface area contributed by atoms with Crippen molar-refractivity contribution in [2.75, 3.05) is 18.6 Å². The van der Waals surface area contributed by atoms with Gasteiger partial charge >= 0.3 is 0 Å². The molecule has 0 bridgehead atoms. The van der Waals surface area contributed by atoms with E-state index in [0.29, 0.717) is 16.5 Å². The van der Waals surface area contributed by atoms with E-state index in [0.717, 1.165) is 5.56 Å². The van der Waals surface area contributed by atoms with Crippen LogP contribution in [0.25, 0.3) is 0 Å². The molecule has 2 rings (SSSR count). The maximum absolute atomic E-state index is 13.4. The van der Waals surface area contributed by atoms with Crippen LogP contribution in [0, 0.1) is 12.7 Å². The summed E-state index contributed by atoms with van der Waals surface area (Å²) in [5, 5.41) is 4.59. The Kier molecular flexibility index (Phi) is 4.98. The Morgan fingerprint density at radius 1 is 1.33 bits per heavy atom. The van der Waals surface area contributed by atoms with Crippen molar-refractivity contribution >= 4 is 23.5 Å². The lowest BCUT2D eigenvalue weighted by atomic mass is 9.99. The number of halogens is 1. The number of benzene rings is 1. The van der Waals surface area contributed by atoms with E-state index in [9.17, 15) is 4.39 Å². The summed E-state index contributed by atoms with van der Waals surface area (Å²) >= 11 is 4.07. The number of hydrogen-bond acceptors (Lipinski definition) is 3. The second-order valence-corrected chi connectivity index (χ2v) is 7.46.